The van der Waals surface area contributed by atoms with Gasteiger partial charge in [0.25, 0.3) is 10.1 Å². The highest BCUT2D eigenvalue weighted by molar-refractivity contribution is 7.86. The summed E-state index contributed by atoms with van der Waals surface area (Å²) < 4.78 is 57.4. The molecule has 7 nitrogen and oxygen atoms in total. The average molecular weight is 601 g/mol. The second kappa shape index (κ2) is 9.99. The minimum atomic E-state index is -3.58. The van der Waals surface area contributed by atoms with Gasteiger partial charge in [0.15, 0.2) is 14.1 Å². The van der Waals surface area contributed by atoms with E-state index in [0.717, 1.165) is 32.1 Å². The van der Waals surface area contributed by atoms with Gasteiger partial charge in [-0.2, -0.15) is 8.42 Å². The highest BCUT2D eigenvalue weighted by Crippen LogP contribution is 2.71. The third-order valence-corrected chi connectivity index (χ3v) is 18.7. The maximum atomic E-state index is 12.2. The number of hydrogen-bond donors (Lipinski definition) is 0. The van der Waals surface area contributed by atoms with Gasteiger partial charge in [0.05, 0.1) is 24.6 Å². The standard InChI is InChI=1S/C31H56O7SSi/c1-17(2)40(18(3)4,19(5)6)34-16-31-14-13-22-21(8)24(38-39(12,32)33)26-28(35-26)30(22,11)27(31)25-23(20(7)15-31)36-29(9,10)37-25/h17-28H,13-16H2,1-12H3/t20-,21+,22+,23-,24-,25-,26-,27-,28-,30+,31+/m1/s1. The summed E-state index contributed by atoms with van der Waals surface area (Å²) >= 11 is 0. The third-order valence-electron chi connectivity index (χ3n) is 12.1. The molecule has 3 saturated carbocycles. The Bertz CT molecular complexity index is 1050. The summed E-state index contributed by atoms with van der Waals surface area (Å²) in [6.45, 7) is 26.0. The second-order valence-corrected chi connectivity index (χ2v) is 22.9. The van der Waals surface area contributed by atoms with E-state index in [2.05, 4.69) is 62.3 Å². The molecular weight excluding hydrogens is 544 g/mol. The summed E-state index contributed by atoms with van der Waals surface area (Å²) in [7, 11) is -5.68. The molecule has 232 valence electrons. The first kappa shape index (κ1) is 31.4. The van der Waals surface area contributed by atoms with Crippen LogP contribution in [0.5, 0.6) is 0 Å². The molecule has 40 heavy (non-hydrogen) atoms. The molecule has 0 spiro atoms. The summed E-state index contributed by atoms with van der Waals surface area (Å²) in [6, 6.07) is 0. The zero-order valence-corrected chi connectivity index (χ0v) is 28.8. The van der Waals surface area contributed by atoms with Gasteiger partial charge in [-0.25, -0.2) is 0 Å². The fraction of sp³-hybridized carbons (Fsp3) is 1.00. The Morgan fingerprint density at radius 3 is 2.05 bits per heavy atom. The van der Waals surface area contributed by atoms with Crippen molar-refractivity contribution in [2.45, 2.75) is 148 Å². The van der Waals surface area contributed by atoms with Gasteiger partial charge in [0.2, 0.25) is 0 Å². The molecule has 9 heteroatoms. The Labute approximate surface area is 245 Å². The Morgan fingerprint density at radius 1 is 0.925 bits per heavy atom. The van der Waals surface area contributed by atoms with Gasteiger partial charge in [0.1, 0.15) is 12.2 Å². The largest absolute Gasteiger partial charge is 0.415 e. The first-order chi connectivity index (χ1) is 18.3. The summed E-state index contributed by atoms with van der Waals surface area (Å²) in [4.78, 5) is 0. The van der Waals surface area contributed by atoms with Crippen LogP contribution in [0.4, 0.5) is 0 Å². The van der Waals surface area contributed by atoms with Gasteiger partial charge in [-0.15, -0.1) is 0 Å². The van der Waals surface area contributed by atoms with Crippen LogP contribution in [-0.2, 0) is 32.9 Å². The molecule has 0 aromatic carbocycles. The van der Waals surface area contributed by atoms with Gasteiger partial charge < -0.3 is 18.6 Å². The Morgan fingerprint density at radius 2 is 1.50 bits per heavy atom. The molecule has 11 atom stereocenters. The minimum absolute atomic E-state index is 0.0310. The van der Waals surface area contributed by atoms with Crippen LogP contribution in [0.25, 0.3) is 0 Å². The van der Waals surface area contributed by atoms with Crippen LogP contribution in [0.15, 0.2) is 0 Å². The topological polar surface area (TPSA) is 83.6 Å². The zero-order valence-electron chi connectivity index (χ0n) is 27.0. The molecule has 5 aliphatic rings. The highest BCUT2D eigenvalue weighted by atomic mass is 32.2. The third kappa shape index (κ3) is 4.71. The van der Waals surface area contributed by atoms with Gasteiger partial charge in [0, 0.05) is 17.9 Å². The molecule has 0 N–H and O–H groups in total. The van der Waals surface area contributed by atoms with Crippen molar-refractivity contribution in [1.82, 2.24) is 0 Å². The molecule has 0 aromatic rings. The Kier molecular flexibility index (Phi) is 7.84. The Hall–Kier alpha value is -0.0331. The van der Waals surface area contributed by atoms with E-state index in [-0.39, 0.29) is 53.0 Å². The van der Waals surface area contributed by atoms with Gasteiger partial charge in [-0.3, -0.25) is 4.18 Å². The SMILES string of the molecule is CC(C)[Si](OC[C@@]12CC[C@H]3[C@H](C)[C@@H](OS(C)(=O)=O)[C@H]4O[C@H]4[C@]3(C)[C@H]1[C@@H]1OC(C)(C)O[C@@H]1[C@H](C)C2)(C(C)C)C(C)C. The van der Waals surface area contributed by atoms with Crippen molar-refractivity contribution in [3.8, 4) is 0 Å². The molecule has 2 heterocycles. The smallest absolute Gasteiger partial charge is 0.264 e. The van der Waals surface area contributed by atoms with Gasteiger partial charge in [-0.05, 0) is 72.9 Å². The molecule has 0 amide bonds. The van der Waals surface area contributed by atoms with Crippen LogP contribution in [0.3, 0.4) is 0 Å². The molecule has 0 radical (unpaired) electrons. The van der Waals surface area contributed by atoms with E-state index in [9.17, 15) is 8.42 Å². The molecule has 5 rings (SSSR count). The van der Waals surface area contributed by atoms with E-state index < -0.39 is 30.3 Å². The van der Waals surface area contributed by atoms with Crippen molar-refractivity contribution in [1.29, 1.82) is 0 Å². The summed E-state index contributed by atoms with van der Waals surface area (Å²) in [5, 5.41) is 0. The predicted molar refractivity (Wildman–Crippen MR) is 159 cm³/mol. The number of hydrogen-bond acceptors (Lipinski definition) is 7. The molecule has 0 bridgehead atoms. The summed E-state index contributed by atoms with van der Waals surface area (Å²) in [6.07, 6.45) is 3.57. The first-order valence-corrected chi connectivity index (χ1v) is 19.8. The maximum absolute atomic E-state index is 12.2. The van der Waals surface area contributed by atoms with Crippen molar-refractivity contribution in [3.63, 3.8) is 0 Å². The predicted octanol–water partition coefficient (Wildman–Crippen LogP) is 6.52. The summed E-state index contributed by atoms with van der Waals surface area (Å²) in [5.41, 5.74) is 1.33. The van der Waals surface area contributed by atoms with Gasteiger partial charge in [-0.1, -0.05) is 62.3 Å². The lowest BCUT2D eigenvalue weighted by Crippen LogP contribution is -2.68. The number of epoxide rings is 1. The van der Waals surface area contributed by atoms with Crippen LogP contribution < -0.4 is 0 Å². The lowest BCUT2D eigenvalue weighted by Gasteiger charge is -2.65. The van der Waals surface area contributed by atoms with Crippen molar-refractivity contribution in [2.24, 2.45) is 34.5 Å². The monoisotopic (exact) mass is 600 g/mol. The van der Waals surface area contributed by atoms with Crippen molar-refractivity contribution in [3.05, 3.63) is 0 Å². The molecule has 0 aromatic heterocycles. The van der Waals surface area contributed by atoms with E-state index in [1.807, 2.05) is 13.8 Å². The highest BCUT2D eigenvalue weighted by Gasteiger charge is 2.76. The lowest BCUT2D eigenvalue weighted by molar-refractivity contribution is -0.212. The molecule has 5 fully saturated rings. The fourth-order valence-electron chi connectivity index (χ4n) is 11.0. The molecule has 3 aliphatic carbocycles. The number of fused-ring (bicyclic) bond motifs is 7. The van der Waals surface area contributed by atoms with Crippen LogP contribution in [0.1, 0.15) is 95.4 Å². The van der Waals surface area contributed by atoms with Crippen molar-refractivity contribution < 1.29 is 31.2 Å². The summed E-state index contributed by atoms with van der Waals surface area (Å²) in [5.74, 6) is 0.243. The van der Waals surface area contributed by atoms with Crippen LogP contribution in [-0.4, -0.2) is 65.9 Å². The van der Waals surface area contributed by atoms with E-state index in [4.69, 9.17) is 22.8 Å². The number of ether oxygens (including phenoxy) is 3. The average Bonchev–Trinajstić information content (AvgIpc) is 3.53. The lowest BCUT2D eigenvalue weighted by atomic mass is 9.41. The number of rotatable bonds is 8. The van der Waals surface area contributed by atoms with Crippen molar-refractivity contribution >= 4 is 18.4 Å². The molecular formula is C31H56O7SSi. The van der Waals surface area contributed by atoms with E-state index >= 15 is 0 Å². The van der Waals surface area contributed by atoms with Crippen LogP contribution in [0.2, 0.25) is 16.6 Å². The van der Waals surface area contributed by atoms with Gasteiger partial charge >= 0.3 is 0 Å². The van der Waals surface area contributed by atoms with Crippen LogP contribution in [0, 0.1) is 34.5 Å². The van der Waals surface area contributed by atoms with E-state index in [0.29, 0.717) is 22.5 Å². The molecule has 2 saturated heterocycles. The maximum Gasteiger partial charge on any atom is 0.264 e. The van der Waals surface area contributed by atoms with E-state index in [1.165, 1.54) is 0 Å². The van der Waals surface area contributed by atoms with E-state index in [1.54, 1.807) is 0 Å². The first-order valence-electron chi connectivity index (χ1n) is 15.8. The quantitative estimate of drug-likeness (QED) is 0.178. The minimum Gasteiger partial charge on any atom is -0.415 e. The fourth-order valence-corrected chi connectivity index (χ4v) is 17.2. The van der Waals surface area contributed by atoms with Crippen molar-refractivity contribution in [2.75, 3.05) is 12.9 Å². The zero-order chi connectivity index (χ0) is 29.8. The second-order valence-electron chi connectivity index (χ2n) is 15.8. The molecule has 0 unspecified atom stereocenters. The molecule has 2 aliphatic heterocycles. The normalized spacial score (nSPS) is 46.2. The Balaban J connectivity index is 1.57. The van der Waals surface area contributed by atoms with Crippen LogP contribution >= 0.6 is 0 Å².